The fourth-order valence-electron chi connectivity index (χ4n) is 2.58. The molecule has 0 unspecified atom stereocenters. The van der Waals surface area contributed by atoms with E-state index in [1.165, 1.54) is 7.11 Å². The first-order chi connectivity index (χ1) is 11.5. The first-order valence-electron chi connectivity index (χ1n) is 7.17. The number of para-hydroxylation sites is 1. The monoisotopic (exact) mass is 361 g/mol. The lowest BCUT2D eigenvalue weighted by Crippen LogP contribution is -2.10. The maximum Gasteiger partial charge on any atom is 0.310 e. The molecule has 0 aliphatic carbocycles. The minimum absolute atomic E-state index is 0.0223. The Labute approximate surface area is 148 Å². The molecule has 6 heteroatoms. The maximum absolute atomic E-state index is 12.9. The molecule has 0 spiro atoms. The molecule has 3 aromatic rings. The zero-order valence-electron chi connectivity index (χ0n) is 12.7. The number of ether oxygens (including phenoxy) is 1. The van der Waals surface area contributed by atoms with Gasteiger partial charge in [0.15, 0.2) is 0 Å². The molecule has 0 bridgehead atoms. The Morgan fingerprint density at radius 1 is 1.08 bits per heavy atom. The molecule has 122 valence electrons. The van der Waals surface area contributed by atoms with E-state index in [2.05, 4.69) is 4.98 Å². The molecule has 2 aromatic carbocycles. The van der Waals surface area contributed by atoms with Crippen molar-refractivity contribution in [1.82, 2.24) is 4.98 Å². The van der Waals surface area contributed by atoms with Gasteiger partial charge in [0, 0.05) is 21.5 Å². The van der Waals surface area contributed by atoms with Crippen LogP contribution >= 0.6 is 23.2 Å². The van der Waals surface area contributed by atoms with Crippen molar-refractivity contribution < 1.29 is 14.3 Å². The van der Waals surface area contributed by atoms with Gasteiger partial charge in [0.05, 0.1) is 29.8 Å². The fourth-order valence-corrected chi connectivity index (χ4v) is 2.93. The summed E-state index contributed by atoms with van der Waals surface area (Å²) >= 11 is 12.1. The number of H-pyrrole nitrogens is 1. The summed E-state index contributed by atoms with van der Waals surface area (Å²) in [7, 11) is 1.31. The molecular weight excluding hydrogens is 349 g/mol. The van der Waals surface area contributed by atoms with Crippen LogP contribution in [0.3, 0.4) is 0 Å². The molecule has 1 heterocycles. The second-order valence-corrected chi connectivity index (χ2v) is 6.07. The van der Waals surface area contributed by atoms with Crippen molar-refractivity contribution in [2.24, 2.45) is 0 Å². The lowest BCUT2D eigenvalue weighted by atomic mass is 10.0. The Morgan fingerprint density at radius 2 is 1.79 bits per heavy atom. The van der Waals surface area contributed by atoms with Crippen LogP contribution in [-0.4, -0.2) is 23.8 Å². The average Bonchev–Trinajstić information content (AvgIpc) is 2.95. The Bertz CT molecular complexity index is 929. The first kappa shape index (κ1) is 16.6. The van der Waals surface area contributed by atoms with Crippen molar-refractivity contribution in [2.75, 3.05) is 7.11 Å². The summed E-state index contributed by atoms with van der Waals surface area (Å²) in [6, 6.07) is 11.9. The van der Waals surface area contributed by atoms with Gasteiger partial charge >= 0.3 is 5.97 Å². The van der Waals surface area contributed by atoms with E-state index < -0.39 is 5.97 Å². The molecule has 1 N–H and O–H groups in total. The third-order valence-electron chi connectivity index (χ3n) is 3.77. The number of hydrogen-bond acceptors (Lipinski definition) is 3. The van der Waals surface area contributed by atoms with Crippen LogP contribution in [0.2, 0.25) is 10.0 Å². The van der Waals surface area contributed by atoms with Gasteiger partial charge in [-0.3, -0.25) is 9.59 Å². The number of fused-ring (bicyclic) bond motifs is 1. The van der Waals surface area contributed by atoms with Gasteiger partial charge in [-0.1, -0.05) is 35.3 Å². The third kappa shape index (κ3) is 3.03. The predicted octanol–water partition coefficient (Wildman–Crippen LogP) is 4.42. The van der Waals surface area contributed by atoms with E-state index in [-0.39, 0.29) is 12.2 Å². The number of aromatic nitrogens is 1. The van der Waals surface area contributed by atoms with Gasteiger partial charge < -0.3 is 9.72 Å². The molecule has 0 fully saturated rings. The van der Waals surface area contributed by atoms with Crippen molar-refractivity contribution in [3.63, 3.8) is 0 Å². The number of methoxy groups -OCH3 is 1. The standard InChI is InChI=1S/C18H13Cl2NO3/c1-24-15(22)9-13-12-3-2-4-14(20)16(12)21-17(13)18(23)10-5-7-11(19)8-6-10/h2-8,21H,9H2,1H3. The van der Waals surface area contributed by atoms with Crippen LogP contribution in [0.1, 0.15) is 21.6 Å². The molecule has 1 aromatic heterocycles. The largest absolute Gasteiger partial charge is 0.469 e. The van der Waals surface area contributed by atoms with Gasteiger partial charge in [0.2, 0.25) is 5.78 Å². The highest BCUT2D eigenvalue weighted by Crippen LogP contribution is 2.30. The molecule has 3 rings (SSSR count). The predicted molar refractivity (Wildman–Crippen MR) is 93.9 cm³/mol. The summed E-state index contributed by atoms with van der Waals surface area (Å²) in [5.74, 6) is -0.668. The van der Waals surface area contributed by atoms with Gasteiger partial charge in [-0.05, 0) is 30.3 Å². The number of carbonyl (C=O) groups excluding carboxylic acids is 2. The Balaban J connectivity index is 2.16. The van der Waals surface area contributed by atoms with Crippen molar-refractivity contribution in [1.29, 1.82) is 0 Å². The van der Waals surface area contributed by atoms with Gasteiger partial charge in [0.25, 0.3) is 0 Å². The molecule has 0 atom stereocenters. The normalized spacial score (nSPS) is 10.8. The van der Waals surface area contributed by atoms with E-state index in [1.807, 2.05) is 6.07 Å². The topological polar surface area (TPSA) is 59.2 Å². The van der Waals surface area contributed by atoms with Crippen molar-refractivity contribution in [3.8, 4) is 0 Å². The number of benzene rings is 2. The molecule has 0 saturated carbocycles. The van der Waals surface area contributed by atoms with Gasteiger partial charge in [-0.15, -0.1) is 0 Å². The quantitative estimate of drug-likeness (QED) is 0.552. The van der Waals surface area contributed by atoms with E-state index in [0.29, 0.717) is 32.4 Å². The minimum atomic E-state index is -0.430. The van der Waals surface area contributed by atoms with Gasteiger partial charge in [-0.2, -0.15) is 0 Å². The minimum Gasteiger partial charge on any atom is -0.469 e. The highest BCUT2D eigenvalue weighted by molar-refractivity contribution is 6.35. The zero-order chi connectivity index (χ0) is 17.3. The molecule has 0 amide bonds. The van der Waals surface area contributed by atoms with Gasteiger partial charge in [-0.25, -0.2) is 0 Å². The summed E-state index contributed by atoms with van der Waals surface area (Å²) < 4.78 is 4.74. The number of ketones is 1. The van der Waals surface area contributed by atoms with Crippen LogP contribution in [0.25, 0.3) is 10.9 Å². The molecule has 0 saturated heterocycles. The van der Waals surface area contributed by atoms with Crippen LogP contribution < -0.4 is 0 Å². The lowest BCUT2D eigenvalue weighted by molar-refractivity contribution is -0.139. The number of halogens is 2. The lowest BCUT2D eigenvalue weighted by Gasteiger charge is -2.04. The second-order valence-electron chi connectivity index (χ2n) is 5.23. The maximum atomic E-state index is 12.9. The summed E-state index contributed by atoms with van der Waals surface area (Å²) in [6.07, 6.45) is -0.0223. The molecule has 0 radical (unpaired) electrons. The Morgan fingerprint density at radius 3 is 2.46 bits per heavy atom. The third-order valence-corrected chi connectivity index (χ3v) is 4.34. The van der Waals surface area contributed by atoms with Crippen molar-refractivity contribution in [2.45, 2.75) is 6.42 Å². The fraction of sp³-hybridized carbons (Fsp3) is 0.111. The molecule has 0 aliphatic rings. The number of esters is 1. The molecule has 0 aliphatic heterocycles. The Kier molecular flexibility index (Phi) is 4.60. The van der Waals surface area contributed by atoms with E-state index in [4.69, 9.17) is 27.9 Å². The number of carbonyl (C=O) groups is 2. The number of rotatable bonds is 4. The average molecular weight is 362 g/mol. The number of hydrogen-bond donors (Lipinski definition) is 1. The summed E-state index contributed by atoms with van der Waals surface area (Å²) in [5.41, 5.74) is 1.98. The zero-order valence-corrected chi connectivity index (χ0v) is 14.2. The summed E-state index contributed by atoms with van der Waals surface area (Å²) in [4.78, 5) is 27.7. The summed E-state index contributed by atoms with van der Waals surface area (Å²) in [6.45, 7) is 0. The van der Waals surface area contributed by atoms with E-state index in [9.17, 15) is 9.59 Å². The summed E-state index contributed by atoms with van der Waals surface area (Å²) in [5, 5.41) is 1.75. The van der Waals surface area contributed by atoms with Crippen LogP contribution in [0.5, 0.6) is 0 Å². The number of aromatic amines is 1. The van der Waals surface area contributed by atoms with Crippen LogP contribution in [0.15, 0.2) is 42.5 Å². The molecule has 24 heavy (non-hydrogen) atoms. The van der Waals surface area contributed by atoms with Crippen LogP contribution in [0, 0.1) is 0 Å². The van der Waals surface area contributed by atoms with Gasteiger partial charge in [0.1, 0.15) is 0 Å². The van der Waals surface area contributed by atoms with E-state index in [0.717, 1.165) is 5.39 Å². The first-order valence-corrected chi connectivity index (χ1v) is 7.93. The van der Waals surface area contributed by atoms with E-state index >= 15 is 0 Å². The smallest absolute Gasteiger partial charge is 0.310 e. The highest BCUT2D eigenvalue weighted by Gasteiger charge is 2.22. The number of nitrogens with one attached hydrogen (secondary N) is 1. The molecule has 4 nitrogen and oxygen atoms in total. The Hall–Kier alpha value is -2.30. The second kappa shape index (κ2) is 6.67. The van der Waals surface area contributed by atoms with Crippen LogP contribution in [0.4, 0.5) is 0 Å². The van der Waals surface area contributed by atoms with E-state index in [1.54, 1.807) is 36.4 Å². The SMILES string of the molecule is COC(=O)Cc1c(C(=O)c2ccc(Cl)cc2)[nH]c2c(Cl)cccc12. The highest BCUT2D eigenvalue weighted by atomic mass is 35.5. The molecular formula is C18H13Cl2NO3. The van der Waals surface area contributed by atoms with Crippen LogP contribution in [-0.2, 0) is 16.0 Å². The van der Waals surface area contributed by atoms with Crippen molar-refractivity contribution in [3.05, 3.63) is 69.3 Å². The van der Waals surface area contributed by atoms with Crippen molar-refractivity contribution >= 4 is 45.9 Å².